The van der Waals surface area contributed by atoms with Crippen LogP contribution in [0.25, 0.3) is 10.8 Å². The normalized spacial score (nSPS) is 13.3. The molecule has 4 rings (SSSR count). The fourth-order valence-corrected chi connectivity index (χ4v) is 3.13. The Labute approximate surface area is 164 Å². The second-order valence-electron chi connectivity index (χ2n) is 6.53. The fourth-order valence-electron chi connectivity index (χ4n) is 3.13. The van der Waals surface area contributed by atoms with E-state index in [1.54, 1.807) is 30.3 Å². The van der Waals surface area contributed by atoms with E-state index in [1.807, 2.05) is 0 Å². The van der Waals surface area contributed by atoms with Gasteiger partial charge < -0.3 is 19.9 Å². The predicted molar refractivity (Wildman–Crippen MR) is 102 cm³/mol. The number of benzene rings is 2. The van der Waals surface area contributed by atoms with Crippen molar-refractivity contribution in [2.24, 2.45) is 0 Å². The topological polar surface area (TPSA) is 120 Å². The number of carboxylic acids is 1. The highest BCUT2D eigenvalue weighted by atomic mass is 16.7. The highest BCUT2D eigenvalue weighted by molar-refractivity contribution is 6.01. The lowest BCUT2D eigenvalue weighted by molar-refractivity contribution is -0.124. The van der Waals surface area contributed by atoms with Crippen molar-refractivity contribution in [1.82, 2.24) is 15.1 Å². The van der Waals surface area contributed by atoms with Crippen LogP contribution in [0.1, 0.15) is 29.0 Å². The van der Waals surface area contributed by atoms with Crippen LogP contribution in [0.3, 0.4) is 0 Å². The monoisotopic (exact) mass is 395 g/mol. The minimum absolute atomic E-state index is 0.157. The zero-order valence-electron chi connectivity index (χ0n) is 15.4. The van der Waals surface area contributed by atoms with Crippen LogP contribution in [0.15, 0.2) is 47.3 Å². The average Bonchev–Trinajstić information content (AvgIpc) is 3.19. The van der Waals surface area contributed by atoms with Gasteiger partial charge in [0.2, 0.25) is 12.7 Å². The molecule has 0 bridgehead atoms. The zero-order chi connectivity index (χ0) is 20.5. The number of aromatic nitrogens is 2. The SMILES string of the molecule is C[C@H](C(=O)NCc1ccc2c(c1)OCO2)n1nc(C(=O)O)c2ccccc2c1=O. The number of nitrogens with zero attached hydrogens (tertiary/aromatic N) is 2. The second kappa shape index (κ2) is 7.27. The van der Waals surface area contributed by atoms with Crippen molar-refractivity contribution >= 4 is 22.6 Å². The summed E-state index contributed by atoms with van der Waals surface area (Å²) in [6, 6.07) is 10.6. The van der Waals surface area contributed by atoms with Gasteiger partial charge in [0, 0.05) is 11.9 Å². The minimum atomic E-state index is -1.28. The first-order valence-electron chi connectivity index (χ1n) is 8.87. The van der Waals surface area contributed by atoms with Crippen LogP contribution in [0.4, 0.5) is 0 Å². The lowest BCUT2D eigenvalue weighted by Crippen LogP contribution is -2.37. The van der Waals surface area contributed by atoms with E-state index in [-0.39, 0.29) is 29.8 Å². The summed E-state index contributed by atoms with van der Waals surface area (Å²) in [6.07, 6.45) is 0. The highest BCUT2D eigenvalue weighted by Crippen LogP contribution is 2.32. The average molecular weight is 395 g/mol. The first kappa shape index (κ1) is 18.5. The number of amides is 1. The number of nitrogens with one attached hydrogen (secondary N) is 1. The van der Waals surface area contributed by atoms with Crippen LogP contribution in [-0.4, -0.2) is 33.6 Å². The van der Waals surface area contributed by atoms with Crippen LogP contribution in [0, 0.1) is 0 Å². The summed E-state index contributed by atoms with van der Waals surface area (Å²) < 4.78 is 11.5. The molecule has 1 amide bonds. The van der Waals surface area contributed by atoms with E-state index >= 15 is 0 Å². The molecule has 1 atom stereocenters. The molecule has 0 saturated heterocycles. The Morgan fingerprint density at radius 1 is 1.17 bits per heavy atom. The molecule has 9 heteroatoms. The van der Waals surface area contributed by atoms with Crippen molar-refractivity contribution in [3.63, 3.8) is 0 Å². The van der Waals surface area contributed by atoms with E-state index in [0.29, 0.717) is 11.5 Å². The van der Waals surface area contributed by atoms with Crippen molar-refractivity contribution in [2.75, 3.05) is 6.79 Å². The minimum Gasteiger partial charge on any atom is -0.476 e. The van der Waals surface area contributed by atoms with Gasteiger partial charge in [0.15, 0.2) is 17.2 Å². The first-order valence-corrected chi connectivity index (χ1v) is 8.87. The largest absolute Gasteiger partial charge is 0.476 e. The van der Waals surface area contributed by atoms with Crippen molar-refractivity contribution in [3.05, 3.63) is 64.1 Å². The quantitative estimate of drug-likeness (QED) is 0.675. The molecule has 0 fully saturated rings. The van der Waals surface area contributed by atoms with Crippen LogP contribution >= 0.6 is 0 Å². The molecular formula is C20H17N3O6. The van der Waals surface area contributed by atoms with Gasteiger partial charge in [-0.25, -0.2) is 9.48 Å². The summed E-state index contributed by atoms with van der Waals surface area (Å²) in [5.74, 6) is -0.503. The van der Waals surface area contributed by atoms with Gasteiger partial charge >= 0.3 is 5.97 Å². The fraction of sp³-hybridized carbons (Fsp3) is 0.200. The number of hydrogen-bond acceptors (Lipinski definition) is 6. The maximum atomic E-state index is 12.7. The molecule has 9 nitrogen and oxygen atoms in total. The molecule has 2 heterocycles. The van der Waals surface area contributed by atoms with Crippen LogP contribution in [0.5, 0.6) is 11.5 Å². The van der Waals surface area contributed by atoms with E-state index in [4.69, 9.17) is 9.47 Å². The van der Waals surface area contributed by atoms with E-state index < -0.39 is 23.5 Å². The number of fused-ring (bicyclic) bond motifs is 2. The standard InChI is InChI=1S/C20H17N3O6/c1-11(18(24)21-9-12-6-7-15-16(8-12)29-10-28-15)23-19(25)14-5-3-2-4-13(14)17(22-23)20(26)27/h2-8,11H,9-10H2,1H3,(H,21,24)(H,26,27)/t11-/m1/s1. The Hall–Kier alpha value is -3.88. The maximum Gasteiger partial charge on any atom is 0.357 e. The lowest BCUT2D eigenvalue weighted by Gasteiger charge is -2.16. The van der Waals surface area contributed by atoms with Gasteiger partial charge in [0.1, 0.15) is 6.04 Å². The highest BCUT2D eigenvalue weighted by Gasteiger charge is 2.22. The third kappa shape index (κ3) is 3.38. The van der Waals surface area contributed by atoms with Crippen molar-refractivity contribution in [2.45, 2.75) is 19.5 Å². The van der Waals surface area contributed by atoms with E-state index in [9.17, 15) is 19.5 Å². The smallest absolute Gasteiger partial charge is 0.357 e. The molecule has 3 aromatic rings. The summed E-state index contributed by atoms with van der Waals surface area (Å²) >= 11 is 0. The zero-order valence-corrected chi connectivity index (χ0v) is 15.4. The molecule has 0 saturated carbocycles. The number of ether oxygens (including phenoxy) is 2. The summed E-state index contributed by atoms with van der Waals surface area (Å²) in [5, 5.41) is 16.5. The molecule has 0 unspecified atom stereocenters. The van der Waals surface area contributed by atoms with Crippen molar-refractivity contribution < 1.29 is 24.2 Å². The molecule has 29 heavy (non-hydrogen) atoms. The maximum absolute atomic E-state index is 12.7. The van der Waals surface area contributed by atoms with Crippen molar-refractivity contribution in [1.29, 1.82) is 0 Å². The van der Waals surface area contributed by atoms with Crippen LogP contribution in [-0.2, 0) is 11.3 Å². The van der Waals surface area contributed by atoms with Crippen LogP contribution < -0.4 is 20.3 Å². The Morgan fingerprint density at radius 2 is 1.90 bits per heavy atom. The molecule has 1 aromatic heterocycles. The molecule has 2 N–H and O–H groups in total. The Morgan fingerprint density at radius 3 is 2.66 bits per heavy atom. The summed E-state index contributed by atoms with van der Waals surface area (Å²) in [5.41, 5.74) is -0.0215. The molecular weight excluding hydrogens is 378 g/mol. The number of aromatic carboxylic acids is 1. The number of hydrogen-bond donors (Lipinski definition) is 2. The number of carbonyl (C=O) groups is 2. The number of carbonyl (C=O) groups excluding carboxylic acids is 1. The molecule has 148 valence electrons. The van der Waals surface area contributed by atoms with Crippen molar-refractivity contribution in [3.8, 4) is 11.5 Å². The van der Waals surface area contributed by atoms with E-state index in [2.05, 4.69) is 10.4 Å². The van der Waals surface area contributed by atoms with Crippen LogP contribution in [0.2, 0.25) is 0 Å². The number of rotatable bonds is 5. The lowest BCUT2D eigenvalue weighted by atomic mass is 10.1. The molecule has 0 aliphatic carbocycles. The molecule has 0 spiro atoms. The summed E-state index contributed by atoms with van der Waals surface area (Å²) in [4.78, 5) is 36.9. The van der Waals surface area contributed by atoms with Gasteiger partial charge in [-0.05, 0) is 30.7 Å². The van der Waals surface area contributed by atoms with E-state index in [0.717, 1.165) is 10.2 Å². The Kier molecular flexibility index (Phi) is 4.63. The predicted octanol–water partition coefficient (Wildman–Crippen LogP) is 1.70. The second-order valence-corrected chi connectivity index (χ2v) is 6.53. The Balaban J connectivity index is 1.59. The van der Waals surface area contributed by atoms with Gasteiger partial charge in [0.05, 0.1) is 5.39 Å². The van der Waals surface area contributed by atoms with Gasteiger partial charge in [-0.2, -0.15) is 5.10 Å². The summed E-state index contributed by atoms with van der Waals surface area (Å²) in [7, 11) is 0. The molecule has 1 aliphatic rings. The first-order chi connectivity index (χ1) is 14.0. The summed E-state index contributed by atoms with van der Waals surface area (Å²) in [6.45, 7) is 1.85. The molecule has 1 aliphatic heterocycles. The third-order valence-corrected chi connectivity index (χ3v) is 4.68. The molecule has 2 aromatic carbocycles. The van der Waals surface area contributed by atoms with Gasteiger partial charge in [-0.15, -0.1) is 0 Å². The third-order valence-electron chi connectivity index (χ3n) is 4.68. The van der Waals surface area contributed by atoms with Gasteiger partial charge in [0.25, 0.3) is 5.56 Å². The number of carboxylic acid groups (broad SMARTS) is 1. The van der Waals surface area contributed by atoms with E-state index in [1.165, 1.54) is 19.1 Å². The van der Waals surface area contributed by atoms with Gasteiger partial charge in [-0.1, -0.05) is 24.3 Å². The molecule has 0 radical (unpaired) electrons. The van der Waals surface area contributed by atoms with Gasteiger partial charge in [-0.3, -0.25) is 9.59 Å². The Bertz CT molecular complexity index is 1190.